The molecule has 0 unspecified atom stereocenters. The molecular formula is C17H23N3O4. The van der Waals surface area contributed by atoms with Crippen LogP contribution in [0.15, 0.2) is 24.3 Å². The van der Waals surface area contributed by atoms with E-state index in [-0.39, 0.29) is 24.9 Å². The summed E-state index contributed by atoms with van der Waals surface area (Å²) in [4.78, 5) is 35.6. The highest BCUT2D eigenvalue weighted by Crippen LogP contribution is 2.37. The maximum Gasteiger partial charge on any atom is 0.334 e. The lowest BCUT2D eigenvalue weighted by atomic mass is 9.92. The summed E-state index contributed by atoms with van der Waals surface area (Å²) in [7, 11) is 0. The molecule has 1 aliphatic carbocycles. The minimum Gasteiger partial charge on any atom is -0.479 e. The summed E-state index contributed by atoms with van der Waals surface area (Å²) in [5, 5.41) is 17.4. The van der Waals surface area contributed by atoms with E-state index in [0.29, 0.717) is 12.0 Å². The van der Waals surface area contributed by atoms with Gasteiger partial charge in [0.1, 0.15) is 0 Å². The predicted octanol–water partition coefficient (Wildman–Crippen LogP) is 1.13. The third-order valence-corrected chi connectivity index (χ3v) is 4.37. The van der Waals surface area contributed by atoms with Crippen LogP contribution in [0.25, 0.3) is 0 Å². The number of rotatable bonds is 6. The molecule has 0 spiro atoms. The molecule has 1 aromatic carbocycles. The number of aryl methyl sites for hydroxylation is 1. The smallest absolute Gasteiger partial charge is 0.334 e. The van der Waals surface area contributed by atoms with Crippen molar-refractivity contribution < 1.29 is 19.5 Å². The standard InChI is InChI=1S/C17H23N3O4/c1-3-11(2)19-14(21)10-18-16(24)20-17(15(22)23)9-8-12-6-4-5-7-13(12)17/h4-7,11H,3,8-10H2,1-2H3,(H,19,21)(H,22,23)(H2,18,20,24)/t11-,17+/m1/s1. The Morgan fingerprint density at radius 3 is 2.67 bits per heavy atom. The molecule has 0 aliphatic heterocycles. The maximum atomic E-state index is 12.1. The number of amides is 3. The number of aliphatic carboxylic acids is 1. The Morgan fingerprint density at radius 2 is 2.00 bits per heavy atom. The molecule has 0 fully saturated rings. The Morgan fingerprint density at radius 1 is 1.29 bits per heavy atom. The Hall–Kier alpha value is -2.57. The molecule has 3 amide bonds. The van der Waals surface area contributed by atoms with Gasteiger partial charge in [-0.2, -0.15) is 0 Å². The molecule has 0 heterocycles. The van der Waals surface area contributed by atoms with E-state index in [2.05, 4.69) is 16.0 Å². The molecule has 1 aromatic rings. The van der Waals surface area contributed by atoms with Crippen LogP contribution in [0.2, 0.25) is 0 Å². The second-order valence-corrected chi connectivity index (χ2v) is 6.05. The van der Waals surface area contributed by atoms with E-state index >= 15 is 0 Å². The third kappa shape index (κ3) is 3.67. The second-order valence-electron chi connectivity index (χ2n) is 6.05. The molecule has 0 saturated heterocycles. The van der Waals surface area contributed by atoms with Gasteiger partial charge in [0.2, 0.25) is 5.91 Å². The predicted molar refractivity (Wildman–Crippen MR) is 88.5 cm³/mol. The van der Waals surface area contributed by atoms with Gasteiger partial charge in [0, 0.05) is 6.04 Å². The van der Waals surface area contributed by atoms with E-state index in [1.807, 2.05) is 26.0 Å². The first-order valence-corrected chi connectivity index (χ1v) is 8.06. The number of carbonyl (C=O) groups excluding carboxylic acids is 2. The van der Waals surface area contributed by atoms with Crippen LogP contribution in [0.1, 0.15) is 37.8 Å². The van der Waals surface area contributed by atoms with E-state index in [1.54, 1.807) is 12.1 Å². The fourth-order valence-corrected chi connectivity index (χ4v) is 2.84. The molecule has 0 aromatic heterocycles. The molecule has 0 saturated carbocycles. The highest BCUT2D eigenvalue weighted by molar-refractivity contribution is 5.90. The van der Waals surface area contributed by atoms with Crippen molar-refractivity contribution in [1.29, 1.82) is 0 Å². The van der Waals surface area contributed by atoms with Crippen LogP contribution in [0.3, 0.4) is 0 Å². The SMILES string of the molecule is CC[C@@H](C)NC(=O)CNC(=O)N[C@@]1(C(=O)O)CCc2ccccc21. The van der Waals surface area contributed by atoms with Gasteiger partial charge in [0.25, 0.3) is 0 Å². The summed E-state index contributed by atoms with van der Waals surface area (Å²) < 4.78 is 0. The van der Waals surface area contributed by atoms with Gasteiger partial charge in [-0.3, -0.25) is 4.79 Å². The summed E-state index contributed by atoms with van der Waals surface area (Å²) in [6.07, 6.45) is 1.66. The first kappa shape index (κ1) is 17.8. The lowest BCUT2D eigenvalue weighted by Crippen LogP contribution is -2.55. The average Bonchev–Trinajstić information content (AvgIpc) is 2.93. The highest BCUT2D eigenvalue weighted by atomic mass is 16.4. The Balaban J connectivity index is 2.01. The largest absolute Gasteiger partial charge is 0.479 e. The van der Waals surface area contributed by atoms with Crippen molar-refractivity contribution in [2.24, 2.45) is 0 Å². The number of benzene rings is 1. The summed E-state index contributed by atoms with van der Waals surface area (Å²) >= 11 is 0. The van der Waals surface area contributed by atoms with Gasteiger partial charge in [-0.25, -0.2) is 9.59 Å². The second kappa shape index (κ2) is 7.33. The van der Waals surface area contributed by atoms with Crippen LogP contribution in [0, 0.1) is 0 Å². The van der Waals surface area contributed by atoms with E-state index < -0.39 is 17.5 Å². The van der Waals surface area contributed by atoms with Crippen LogP contribution in [0.5, 0.6) is 0 Å². The molecule has 130 valence electrons. The molecule has 0 radical (unpaired) electrons. The molecule has 0 bridgehead atoms. The Bertz CT molecular complexity index is 646. The number of hydrogen-bond acceptors (Lipinski definition) is 3. The molecular weight excluding hydrogens is 310 g/mol. The Kier molecular flexibility index (Phi) is 5.43. The minimum atomic E-state index is -1.45. The first-order valence-electron chi connectivity index (χ1n) is 8.06. The van der Waals surface area contributed by atoms with E-state index in [9.17, 15) is 19.5 Å². The van der Waals surface area contributed by atoms with Crippen LogP contribution in [-0.4, -0.2) is 35.6 Å². The zero-order chi connectivity index (χ0) is 17.7. The van der Waals surface area contributed by atoms with E-state index in [1.165, 1.54) is 0 Å². The number of hydrogen-bond donors (Lipinski definition) is 4. The summed E-state index contributed by atoms with van der Waals surface area (Å²) in [5.41, 5.74) is 0.0554. The molecule has 7 nitrogen and oxygen atoms in total. The summed E-state index contributed by atoms with van der Waals surface area (Å²) in [5.74, 6) is -1.41. The Labute approximate surface area is 140 Å². The van der Waals surface area contributed by atoms with Gasteiger partial charge in [-0.1, -0.05) is 31.2 Å². The summed E-state index contributed by atoms with van der Waals surface area (Å²) in [6.45, 7) is 3.61. The summed E-state index contributed by atoms with van der Waals surface area (Å²) in [6, 6.07) is 6.52. The topological polar surface area (TPSA) is 108 Å². The minimum absolute atomic E-state index is 0.0226. The molecule has 2 atom stereocenters. The zero-order valence-electron chi connectivity index (χ0n) is 13.9. The van der Waals surface area contributed by atoms with Crippen molar-refractivity contribution in [1.82, 2.24) is 16.0 Å². The van der Waals surface area contributed by atoms with Gasteiger partial charge in [-0.05, 0) is 37.3 Å². The third-order valence-electron chi connectivity index (χ3n) is 4.37. The highest BCUT2D eigenvalue weighted by Gasteiger charge is 2.46. The first-order chi connectivity index (χ1) is 11.4. The van der Waals surface area contributed by atoms with Gasteiger partial charge in [0.05, 0.1) is 6.54 Å². The van der Waals surface area contributed by atoms with Gasteiger partial charge < -0.3 is 21.1 Å². The van der Waals surface area contributed by atoms with Gasteiger partial charge >= 0.3 is 12.0 Å². The zero-order valence-corrected chi connectivity index (χ0v) is 13.9. The number of carboxylic acids is 1. The van der Waals surface area contributed by atoms with E-state index in [0.717, 1.165) is 12.0 Å². The lowest BCUT2D eigenvalue weighted by molar-refractivity contribution is -0.144. The molecule has 4 N–H and O–H groups in total. The number of nitrogens with one attached hydrogen (secondary N) is 3. The number of carboxylic acid groups (broad SMARTS) is 1. The van der Waals surface area contributed by atoms with Crippen LogP contribution >= 0.6 is 0 Å². The quantitative estimate of drug-likeness (QED) is 0.626. The monoisotopic (exact) mass is 333 g/mol. The van der Waals surface area contributed by atoms with Crippen molar-refractivity contribution in [2.45, 2.75) is 44.7 Å². The van der Waals surface area contributed by atoms with Crippen molar-refractivity contribution in [3.8, 4) is 0 Å². The maximum absolute atomic E-state index is 12.1. The number of fused-ring (bicyclic) bond motifs is 1. The van der Waals surface area contributed by atoms with E-state index in [4.69, 9.17) is 0 Å². The molecule has 7 heteroatoms. The van der Waals surface area contributed by atoms with Crippen LogP contribution in [-0.2, 0) is 21.5 Å². The van der Waals surface area contributed by atoms with Crippen molar-refractivity contribution in [3.05, 3.63) is 35.4 Å². The molecule has 2 rings (SSSR count). The lowest BCUT2D eigenvalue weighted by Gasteiger charge is -2.27. The van der Waals surface area contributed by atoms with Crippen molar-refractivity contribution in [3.63, 3.8) is 0 Å². The molecule has 24 heavy (non-hydrogen) atoms. The van der Waals surface area contributed by atoms with Crippen molar-refractivity contribution >= 4 is 17.9 Å². The van der Waals surface area contributed by atoms with Crippen LogP contribution in [0.4, 0.5) is 4.79 Å². The van der Waals surface area contributed by atoms with Gasteiger partial charge in [-0.15, -0.1) is 0 Å². The number of urea groups is 1. The normalized spacial score (nSPS) is 19.9. The fourth-order valence-electron chi connectivity index (χ4n) is 2.84. The molecule has 1 aliphatic rings. The van der Waals surface area contributed by atoms with Crippen molar-refractivity contribution in [2.75, 3.05) is 6.54 Å². The van der Waals surface area contributed by atoms with Gasteiger partial charge in [0.15, 0.2) is 5.54 Å². The average molecular weight is 333 g/mol. The fraction of sp³-hybridized carbons (Fsp3) is 0.471. The number of carbonyl (C=O) groups is 3. The van der Waals surface area contributed by atoms with Crippen LogP contribution < -0.4 is 16.0 Å².